The first-order valence-corrected chi connectivity index (χ1v) is 9.05. The van der Waals surface area contributed by atoms with Gasteiger partial charge in [-0.05, 0) is 46.5 Å². The number of rotatable bonds is 7. The Hall–Kier alpha value is -2.26. The zero-order chi connectivity index (χ0) is 16.8. The summed E-state index contributed by atoms with van der Waals surface area (Å²) in [5, 5.41) is 16.6. The van der Waals surface area contributed by atoms with Crippen LogP contribution < -0.4 is 5.32 Å². The van der Waals surface area contributed by atoms with E-state index in [0.29, 0.717) is 17.4 Å². The summed E-state index contributed by atoms with van der Waals surface area (Å²) in [6.45, 7) is 0.592. The molecule has 3 rings (SSSR count). The fourth-order valence-electron chi connectivity index (χ4n) is 2.00. The summed E-state index contributed by atoms with van der Waals surface area (Å²) in [6.07, 6.45) is 0.815. The van der Waals surface area contributed by atoms with E-state index in [1.807, 2.05) is 17.5 Å². The topological polar surface area (TPSA) is 72.7 Å². The molecule has 0 saturated heterocycles. The van der Waals surface area contributed by atoms with Gasteiger partial charge in [-0.15, -0.1) is 16.4 Å². The first-order chi connectivity index (χ1) is 11.7. The Bertz CT molecular complexity index is 806. The van der Waals surface area contributed by atoms with Gasteiger partial charge >= 0.3 is 0 Å². The van der Waals surface area contributed by atoms with Gasteiger partial charge in [0.15, 0.2) is 0 Å². The molecule has 24 heavy (non-hydrogen) atoms. The molecule has 2 heterocycles. The third-order valence-corrected chi connectivity index (χ3v) is 4.96. The Morgan fingerprint density at radius 2 is 2.25 bits per heavy atom. The molecule has 1 aromatic carbocycles. The second kappa shape index (κ2) is 8.02. The fourth-order valence-corrected chi connectivity index (χ4v) is 3.43. The third-order valence-electron chi connectivity index (χ3n) is 3.10. The van der Waals surface area contributed by atoms with Crippen LogP contribution in [0, 0.1) is 5.82 Å². The third kappa shape index (κ3) is 4.39. The molecular weight excluding hydrogens is 349 g/mol. The van der Waals surface area contributed by atoms with Crippen molar-refractivity contribution in [3.63, 3.8) is 0 Å². The molecule has 0 aliphatic carbocycles. The van der Waals surface area contributed by atoms with Crippen molar-refractivity contribution >= 4 is 29.0 Å². The number of nitrogens with zero attached hydrogens (tertiary/aromatic N) is 4. The highest BCUT2D eigenvalue weighted by atomic mass is 32.2. The van der Waals surface area contributed by atoms with Gasteiger partial charge in [0.25, 0.3) is 0 Å². The van der Waals surface area contributed by atoms with Crippen molar-refractivity contribution in [3.05, 3.63) is 52.5 Å². The van der Waals surface area contributed by atoms with Crippen molar-refractivity contribution in [3.8, 4) is 5.69 Å². The van der Waals surface area contributed by atoms with Gasteiger partial charge in [-0.25, -0.2) is 4.39 Å². The van der Waals surface area contributed by atoms with E-state index in [2.05, 4.69) is 20.8 Å². The van der Waals surface area contributed by atoms with E-state index >= 15 is 0 Å². The SMILES string of the molecule is O=C(CSc1nnnn1-c1cccc(F)c1)NCCc1cccs1. The lowest BCUT2D eigenvalue weighted by Crippen LogP contribution is -2.27. The van der Waals surface area contributed by atoms with Gasteiger partial charge in [0, 0.05) is 11.4 Å². The summed E-state index contributed by atoms with van der Waals surface area (Å²) in [5.74, 6) is -0.268. The minimum Gasteiger partial charge on any atom is -0.355 e. The van der Waals surface area contributed by atoms with E-state index in [9.17, 15) is 9.18 Å². The monoisotopic (exact) mass is 363 g/mol. The molecule has 0 saturated carbocycles. The number of nitrogens with one attached hydrogen (secondary N) is 1. The first kappa shape index (κ1) is 16.6. The van der Waals surface area contributed by atoms with Crippen molar-refractivity contribution in [1.82, 2.24) is 25.5 Å². The Morgan fingerprint density at radius 3 is 3.04 bits per heavy atom. The molecule has 0 aliphatic heterocycles. The average Bonchev–Trinajstić information content (AvgIpc) is 3.24. The maximum Gasteiger partial charge on any atom is 0.230 e. The predicted octanol–water partition coefficient (Wildman–Crippen LogP) is 2.31. The van der Waals surface area contributed by atoms with Crippen molar-refractivity contribution in [1.29, 1.82) is 0 Å². The lowest BCUT2D eigenvalue weighted by molar-refractivity contribution is -0.118. The first-order valence-electron chi connectivity index (χ1n) is 7.18. The molecule has 0 unspecified atom stereocenters. The normalized spacial score (nSPS) is 10.7. The van der Waals surface area contributed by atoms with Crippen LogP contribution in [0.15, 0.2) is 46.9 Å². The van der Waals surface area contributed by atoms with Crippen molar-refractivity contribution in [2.75, 3.05) is 12.3 Å². The number of thioether (sulfide) groups is 1. The molecule has 0 atom stereocenters. The minimum atomic E-state index is -0.370. The zero-order valence-electron chi connectivity index (χ0n) is 12.6. The van der Waals surface area contributed by atoms with E-state index in [0.717, 1.165) is 6.42 Å². The van der Waals surface area contributed by atoms with E-state index in [1.54, 1.807) is 23.5 Å². The second-order valence-electron chi connectivity index (χ2n) is 4.82. The van der Waals surface area contributed by atoms with Crippen LogP contribution in [-0.2, 0) is 11.2 Å². The minimum absolute atomic E-state index is 0.0923. The van der Waals surface area contributed by atoms with E-state index in [1.165, 1.54) is 33.5 Å². The number of amides is 1. The van der Waals surface area contributed by atoms with Gasteiger partial charge < -0.3 is 5.32 Å². The van der Waals surface area contributed by atoms with Gasteiger partial charge in [-0.3, -0.25) is 4.79 Å². The molecule has 0 aliphatic rings. The van der Waals surface area contributed by atoms with E-state index in [4.69, 9.17) is 0 Å². The molecule has 0 fully saturated rings. The largest absolute Gasteiger partial charge is 0.355 e. The summed E-state index contributed by atoms with van der Waals surface area (Å²) in [5.41, 5.74) is 0.514. The van der Waals surface area contributed by atoms with E-state index < -0.39 is 0 Å². The molecular formula is C15H14FN5OS2. The van der Waals surface area contributed by atoms with Gasteiger partial charge in [0.2, 0.25) is 11.1 Å². The lowest BCUT2D eigenvalue weighted by Gasteiger charge is -2.05. The Kier molecular flexibility index (Phi) is 5.55. The van der Waals surface area contributed by atoms with Crippen molar-refractivity contribution < 1.29 is 9.18 Å². The average molecular weight is 363 g/mol. The number of carbonyl (C=O) groups excluding carboxylic acids is 1. The number of carbonyl (C=O) groups is 1. The zero-order valence-corrected chi connectivity index (χ0v) is 14.2. The summed E-state index contributed by atoms with van der Waals surface area (Å²) < 4.78 is 14.7. The number of hydrogen-bond donors (Lipinski definition) is 1. The fraction of sp³-hybridized carbons (Fsp3) is 0.200. The van der Waals surface area contributed by atoms with Crippen LogP contribution in [0.2, 0.25) is 0 Å². The summed E-state index contributed by atoms with van der Waals surface area (Å²) in [6, 6.07) is 9.99. The van der Waals surface area contributed by atoms with Crippen LogP contribution in [0.4, 0.5) is 4.39 Å². The smallest absolute Gasteiger partial charge is 0.230 e. The molecule has 3 aromatic rings. The molecule has 2 aromatic heterocycles. The molecule has 1 amide bonds. The van der Waals surface area contributed by atoms with E-state index in [-0.39, 0.29) is 17.5 Å². The van der Waals surface area contributed by atoms with Crippen LogP contribution in [0.5, 0.6) is 0 Å². The molecule has 6 nitrogen and oxygen atoms in total. The van der Waals surface area contributed by atoms with Gasteiger partial charge in [0.1, 0.15) is 5.82 Å². The number of benzene rings is 1. The van der Waals surface area contributed by atoms with Crippen molar-refractivity contribution in [2.45, 2.75) is 11.6 Å². The van der Waals surface area contributed by atoms with Gasteiger partial charge in [-0.1, -0.05) is 23.9 Å². The number of halogens is 1. The van der Waals surface area contributed by atoms with Gasteiger partial charge in [0.05, 0.1) is 11.4 Å². The maximum absolute atomic E-state index is 13.3. The quantitative estimate of drug-likeness (QED) is 0.652. The highest BCUT2D eigenvalue weighted by Crippen LogP contribution is 2.18. The Balaban J connectivity index is 1.52. The Morgan fingerprint density at radius 1 is 1.33 bits per heavy atom. The molecule has 0 spiro atoms. The summed E-state index contributed by atoms with van der Waals surface area (Å²) in [4.78, 5) is 13.1. The molecule has 9 heteroatoms. The van der Waals surface area contributed by atoms with Crippen LogP contribution in [-0.4, -0.2) is 38.4 Å². The second-order valence-corrected chi connectivity index (χ2v) is 6.80. The standard InChI is InChI=1S/C15H14FN5OS2/c16-11-3-1-4-12(9-11)21-15(18-19-20-21)24-10-14(22)17-7-6-13-5-2-8-23-13/h1-5,8-9H,6-7,10H2,(H,17,22). The molecule has 1 N–H and O–H groups in total. The summed E-state index contributed by atoms with van der Waals surface area (Å²) in [7, 11) is 0. The van der Waals surface area contributed by atoms with Crippen molar-refractivity contribution in [2.24, 2.45) is 0 Å². The van der Waals surface area contributed by atoms with Crippen LogP contribution >= 0.6 is 23.1 Å². The number of thiophene rings is 1. The highest BCUT2D eigenvalue weighted by Gasteiger charge is 2.12. The highest BCUT2D eigenvalue weighted by molar-refractivity contribution is 7.99. The number of hydrogen-bond acceptors (Lipinski definition) is 6. The summed E-state index contributed by atoms with van der Waals surface area (Å²) >= 11 is 2.88. The lowest BCUT2D eigenvalue weighted by atomic mass is 10.3. The number of aromatic nitrogens is 4. The van der Waals surface area contributed by atoms with Crippen LogP contribution in [0.25, 0.3) is 5.69 Å². The molecule has 0 radical (unpaired) electrons. The van der Waals surface area contributed by atoms with Crippen LogP contribution in [0.3, 0.4) is 0 Å². The van der Waals surface area contributed by atoms with Gasteiger partial charge in [-0.2, -0.15) is 4.68 Å². The molecule has 0 bridgehead atoms. The molecule has 124 valence electrons. The van der Waals surface area contributed by atoms with Crippen LogP contribution in [0.1, 0.15) is 4.88 Å². The Labute approximate surface area is 146 Å². The predicted molar refractivity (Wildman–Crippen MR) is 90.9 cm³/mol. The maximum atomic E-state index is 13.3. The number of tetrazole rings is 1.